The number of nitrogens with one attached hydrogen (secondary N) is 2. The van der Waals surface area contributed by atoms with Crippen molar-refractivity contribution in [2.24, 2.45) is 0 Å². The van der Waals surface area contributed by atoms with E-state index in [9.17, 15) is 14.4 Å². The maximum atomic E-state index is 13.5. The van der Waals surface area contributed by atoms with Crippen LogP contribution >= 0.6 is 11.3 Å². The van der Waals surface area contributed by atoms with Crippen molar-refractivity contribution in [3.8, 4) is 0 Å². The lowest BCUT2D eigenvalue weighted by atomic mass is 10.1. The first kappa shape index (κ1) is 25.5. The minimum atomic E-state index is -0.413. The molecule has 8 nitrogen and oxygen atoms in total. The number of hydrogen-bond acceptors (Lipinski definition) is 8. The summed E-state index contributed by atoms with van der Waals surface area (Å²) in [4.78, 5) is 47.8. The molecule has 2 aromatic carbocycles. The number of anilines is 3. The van der Waals surface area contributed by atoms with Gasteiger partial charge in [-0.25, -0.2) is 0 Å². The van der Waals surface area contributed by atoms with E-state index in [2.05, 4.69) is 32.7 Å². The Kier molecular flexibility index (Phi) is 6.51. The molecule has 0 radical (unpaired) electrons. The van der Waals surface area contributed by atoms with Gasteiger partial charge in [-0.15, -0.1) is 11.3 Å². The zero-order valence-corrected chi connectivity index (χ0v) is 23.3. The van der Waals surface area contributed by atoms with E-state index in [1.165, 1.54) is 11.3 Å². The van der Waals surface area contributed by atoms with Crippen molar-refractivity contribution < 1.29 is 4.79 Å². The molecule has 2 N–H and O–H groups in total. The van der Waals surface area contributed by atoms with Crippen molar-refractivity contribution in [2.75, 3.05) is 34.8 Å². The van der Waals surface area contributed by atoms with Gasteiger partial charge in [0.15, 0.2) is 0 Å². The number of benzene rings is 1. The lowest BCUT2D eigenvalue weighted by Gasteiger charge is -2.29. The first-order valence-corrected chi connectivity index (χ1v) is 14.9. The molecule has 41 heavy (non-hydrogen) atoms. The standard InChI is InChI=1S/C32H29N5O3S/c38-29-27(36-14-3-4-15-36)28(30(29)39)37-16-11-20-6-5-7-22(18-26(20)37)35-32(40)31-25(12-17-41-31)34-19-21-10-13-33-24-9-2-1-8-23(21)24/h1-2,5-6,8-10,12-13,17-18,34H,3-4,7,11,14-16,19H2,(H,35,40). The van der Waals surface area contributed by atoms with Gasteiger partial charge in [-0.2, -0.15) is 0 Å². The summed E-state index contributed by atoms with van der Waals surface area (Å²) < 4.78 is 0. The quantitative estimate of drug-likeness (QED) is 0.311. The summed E-state index contributed by atoms with van der Waals surface area (Å²) in [6, 6.07) is 11.9. The fourth-order valence-electron chi connectivity index (χ4n) is 6.04. The molecule has 206 valence electrons. The number of nitrogens with zero attached hydrogens (tertiary/aromatic N) is 3. The van der Waals surface area contributed by atoms with Gasteiger partial charge in [0, 0.05) is 55.6 Å². The predicted molar refractivity (Wildman–Crippen MR) is 164 cm³/mol. The van der Waals surface area contributed by atoms with E-state index in [0.29, 0.717) is 35.8 Å². The van der Waals surface area contributed by atoms with Crippen LogP contribution in [0, 0.1) is 0 Å². The van der Waals surface area contributed by atoms with Crippen molar-refractivity contribution in [1.29, 1.82) is 0 Å². The lowest BCUT2D eigenvalue weighted by molar-refractivity contribution is 0.0970. The van der Waals surface area contributed by atoms with E-state index >= 15 is 0 Å². The Morgan fingerprint density at radius 1 is 1.00 bits per heavy atom. The first-order valence-electron chi connectivity index (χ1n) is 14.0. The molecular formula is C32H29N5O3S. The lowest BCUT2D eigenvalue weighted by Crippen LogP contribution is -2.44. The van der Waals surface area contributed by atoms with Crippen molar-refractivity contribution in [1.82, 2.24) is 10.3 Å². The van der Waals surface area contributed by atoms with Gasteiger partial charge >= 0.3 is 0 Å². The summed E-state index contributed by atoms with van der Waals surface area (Å²) in [6.07, 6.45) is 11.3. The van der Waals surface area contributed by atoms with Gasteiger partial charge in [-0.1, -0.05) is 30.4 Å². The summed E-state index contributed by atoms with van der Waals surface area (Å²) in [5, 5.41) is 9.55. The van der Waals surface area contributed by atoms with Crippen LogP contribution in [0.15, 0.2) is 92.8 Å². The molecule has 4 aromatic rings. The van der Waals surface area contributed by atoms with Crippen LogP contribution < -0.4 is 31.3 Å². The molecular weight excluding hydrogens is 534 g/mol. The zero-order valence-electron chi connectivity index (χ0n) is 22.5. The van der Waals surface area contributed by atoms with Crippen LogP contribution in [0.25, 0.3) is 10.9 Å². The third kappa shape index (κ3) is 4.56. The summed E-state index contributed by atoms with van der Waals surface area (Å²) in [5.74, 6) is -0.179. The van der Waals surface area contributed by atoms with Crippen molar-refractivity contribution >= 4 is 45.2 Å². The summed E-state index contributed by atoms with van der Waals surface area (Å²) in [5.41, 5.74) is 5.85. The van der Waals surface area contributed by atoms with E-state index in [4.69, 9.17) is 0 Å². The van der Waals surface area contributed by atoms with Crippen LogP contribution in [0.2, 0.25) is 0 Å². The van der Waals surface area contributed by atoms with Crippen LogP contribution in [0.5, 0.6) is 0 Å². The molecule has 1 amide bonds. The maximum absolute atomic E-state index is 13.5. The van der Waals surface area contributed by atoms with Crippen molar-refractivity contribution in [3.63, 3.8) is 0 Å². The summed E-state index contributed by atoms with van der Waals surface area (Å²) >= 11 is 1.39. The minimum Gasteiger partial charge on any atom is -0.380 e. The number of thiophene rings is 1. The van der Waals surface area contributed by atoms with E-state index < -0.39 is 5.43 Å². The Hall–Kier alpha value is -4.50. The van der Waals surface area contributed by atoms with Crippen LogP contribution in [-0.4, -0.2) is 30.5 Å². The van der Waals surface area contributed by atoms with Gasteiger partial charge < -0.3 is 20.4 Å². The maximum Gasteiger partial charge on any atom is 0.267 e. The SMILES string of the molecule is O=C(NC1=CC2=C(C=CC1)CCN2c1c(N2CCCC2)c(=O)c1=O)c1sccc1NCc1ccnc2ccccc12. The number of allylic oxidation sites excluding steroid dienone is 3. The number of carbonyl (C=O) groups is 1. The molecule has 9 heteroatoms. The number of fused-ring (bicyclic) bond motifs is 1. The molecule has 0 bridgehead atoms. The molecule has 4 heterocycles. The number of amides is 1. The van der Waals surface area contributed by atoms with E-state index in [-0.39, 0.29) is 11.3 Å². The highest BCUT2D eigenvalue weighted by molar-refractivity contribution is 7.12. The number of para-hydroxylation sites is 1. The molecule has 2 aromatic heterocycles. The first-order chi connectivity index (χ1) is 20.1. The molecule has 3 aliphatic rings. The molecule has 0 unspecified atom stereocenters. The van der Waals surface area contributed by atoms with E-state index in [0.717, 1.165) is 71.5 Å². The molecule has 2 aliphatic heterocycles. The van der Waals surface area contributed by atoms with E-state index in [1.807, 2.05) is 52.8 Å². The second kappa shape index (κ2) is 10.5. The Labute approximate surface area is 241 Å². The van der Waals surface area contributed by atoms with Gasteiger partial charge in [0.1, 0.15) is 16.3 Å². The van der Waals surface area contributed by atoms with Gasteiger partial charge in [0.2, 0.25) is 0 Å². The summed E-state index contributed by atoms with van der Waals surface area (Å²) in [6.45, 7) is 2.82. The number of hydrogen-bond donors (Lipinski definition) is 2. The monoisotopic (exact) mass is 563 g/mol. The fraction of sp³-hybridized carbons (Fsp3) is 0.250. The van der Waals surface area contributed by atoms with Crippen LogP contribution in [-0.2, 0) is 6.54 Å². The highest BCUT2D eigenvalue weighted by atomic mass is 32.1. The van der Waals surface area contributed by atoms with Gasteiger partial charge in [-0.3, -0.25) is 19.4 Å². The number of pyridine rings is 1. The fourth-order valence-corrected chi connectivity index (χ4v) is 6.81. The predicted octanol–water partition coefficient (Wildman–Crippen LogP) is 4.84. The van der Waals surface area contributed by atoms with Crippen LogP contribution in [0.1, 0.15) is 40.9 Å². The topological polar surface area (TPSA) is 94.6 Å². The Morgan fingerprint density at radius 2 is 1.83 bits per heavy atom. The summed E-state index contributed by atoms with van der Waals surface area (Å²) in [7, 11) is 0. The average Bonchev–Trinajstić information content (AvgIpc) is 3.74. The van der Waals surface area contributed by atoms with Gasteiger partial charge in [0.25, 0.3) is 16.8 Å². The molecule has 0 spiro atoms. The third-order valence-electron chi connectivity index (χ3n) is 8.10. The van der Waals surface area contributed by atoms with E-state index in [1.54, 1.807) is 6.20 Å². The zero-order chi connectivity index (χ0) is 27.9. The molecule has 7 rings (SSSR count). The average molecular weight is 564 g/mol. The Morgan fingerprint density at radius 3 is 2.71 bits per heavy atom. The number of carbonyl (C=O) groups excluding carboxylic acids is 1. The van der Waals surface area contributed by atoms with Crippen LogP contribution in [0.3, 0.4) is 0 Å². The highest BCUT2D eigenvalue weighted by Crippen LogP contribution is 2.37. The molecule has 0 atom stereocenters. The highest BCUT2D eigenvalue weighted by Gasteiger charge is 2.35. The number of aromatic nitrogens is 1. The smallest absolute Gasteiger partial charge is 0.267 e. The molecule has 1 fully saturated rings. The normalized spacial score (nSPS) is 16.8. The Bertz CT molecular complexity index is 1830. The molecule has 1 aliphatic carbocycles. The van der Waals surface area contributed by atoms with Crippen LogP contribution in [0.4, 0.5) is 17.1 Å². The molecule has 1 saturated heterocycles. The third-order valence-corrected chi connectivity index (χ3v) is 9.01. The second-order valence-electron chi connectivity index (χ2n) is 10.6. The van der Waals surface area contributed by atoms with Crippen molar-refractivity contribution in [2.45, 2.75) is 32.2 Å². The molecule has 0 saturated carbocycles. The second-order valence-corrected chi connectivity index (χ2v) is 11.5. The minimum absolute atomic E-state index is 0.179. The largest absolute Gasteiger partial charge is 0.380 e. The van der Waals surface area contributed by atoms with Gasteiger partial charge in [-0.05, 0) is 60.1 Å². The van der Waals surface area contributed by atoms with Gasteiger partial charge in [0.05, 0.1) is 11.2 Å². The number of rotatable bonds is 7. The Balaban J connectivity index is 1.10. The van der Waals surface area contributed by atoms with Crippen molar-refractivity contribution in [3.05, 3.63) is 114 Å².